The first-order chi connectivity index (χ1) is 12.6. The van der Waals surface area contributed by atoms with Gasteiger partial charge in [0, 0.05) is 26.2 Å². The molecule has 27 heavy (non-hydrogen) atoms. The second-order valence-electron chi connectivity index (χ2n) is 5.57. The molecule has 0 aliphatic carbocycles. The molecule has 0 saturated carbocycles. The van der Waals surface area contributed by atoms with E-state index in [1.165, 1.54) is 6.07 Å². The van der Waals surface area contributed by atoms with E-state index in [0.29, 0.717) is 12.1 Å². The third kappa shape index (κ3) is 3.04. The minimum atomic E-state index is -4.66. The molecule has 1 aliphatic heterocycles. The molecule has 0 amide bonds. The van der Waals surface area contributed by atoms with Crippen molar-refractivity contribution >= 4 is 34.8 Å². The van der Waals surface area contributed by atoms with Crippen LogP contribution in [0.2, 0.25) is 15.1 Å². The van der Waals surface area contributed by atoms with Gasteiger partial charge in [0.2, 0.25) is 0 Å². The van der Waals surface area contributed by atoms with E-state index in [9.17, 15) is 18.4 Å². The monoisotopic (exact) mass is 430 g/mol. The second-order valence-corrected chi connectivity index (χ2v) is 6.80. The van der Waals surface area contributed by atoms with Crippen molar-refractivity contribution in [1.29, 1.82) is 5.26 Å². The highest BCUT2D eigenvalue weighted by Crippen LogP contribution is 2.52. The molecule has 0 spiro atoms. The Hall–Kier alpha value is -2.27. The Balaban J connectivity index is 2.42. The predicted octanol–water partition coefficient (Wildman–Crippen LogP) is 6.07. The fraction of sp³-hybridized carbons (Fsp3) is 0.118. The molecule has 4 nitrogen and oxygen atoms in total. The zero-order chi connectivity index (χ0) is 20.0. The van der Waals surface area contributed by atoms with E-state index in [0.717, 1.165) is 0 Å². The summed E-state index contributed by atoms with van der Waals surface area (Å²) in [5.41, 5.74) is 3.04. The van der Waals surface area contributed by atoms with Crippen LogP contribution < -0.4 is 5.73 Å². The van der Waals surface area contributed by atoms with Gasteiger partial charge in [-0.2, -0.15) is 23.5 Å². The highest BCUT2D eigenvalue weighted by atomic mass is 35.5. The number of azo groups is 1. The summed E-state index contributed by atoms with van der Waals surface area (Å²) in [5, 5.41) is 17.0. The lowest BCUT2D eigenvalue weighted by molar-refractivity contribution is -0.137. The topological polar surface area (TPSA) is 74.5 Å². The summed E-state index contributed by atoms with van der Waals surface area (Å²) in [6, 6.07) is 9.65. The lowest BCUT2D eigenvalue weighted by Gasteiger charge is -2.29. The van der Waals surface area contributed by atoms with Gasteiger partial charge >= 0.3 is 6.18 Å². The molecule has 0 bridgehead atoms. The van der Waals surface area contributed by atoms with Crippen molar-refractivity contribution in [3.8, 4) is 6.07 Å². The van der Waals surface area contributed by atoms with Crippen LogP contribution in [0.5, 0.6) is 0 Å². The average molecular weight is 432 g/mol. The Morgan fingerprint density at radius 1 is 1.04 bits per heavy atom. The van der Waals surface area contributed by atoms with E-state index in [1.807, 2.05) is 6.07 Å². The van der Waals surface area contributed by atoms with Gasteiger partial charge in [-0.1, -0.05) is 53.0 Å². The van der Waals surface area contributed by atoms with Gasteiger partial charge in [-0.25, -0.2) is 0 Å². The SMILES string of the molecule is N#CC1=C(N)N=NC1(c1ccccc1Cl)c1c(Cl)cc(C(F)(F)F)cc1Cl. The van der Waals surface area contributed by atoms with Gasteiger partial charge in [-0.05, 0) is 18.2 Å². The summed E-state index contributed by atoms with van der Waals surface area (Å²) < 4.78 is 39.2. The predicted molar refractivity (Wildman–Crippen MR) is 95.4 cm³/mol. The van der Waals surface area contributed by atoms with Crippen molar-refractivity contribution in [2.24, 2.45) is 16.0 Å². The Kier molecular flexibility index (Phi) is 4.85. The molecule has 0 saturated heterocycles. The fourth-order valence-electron chi connectivity index (χ4n) is 2.89. The quantitative estimate of drug-likeness (QED) is 0.627. The molecule has 3 rings (SSSR count). The van der Waals surface area contributed by atoms with Gasteiger partial charge in [-0.3, -0.25) is 0 Å². The number of benzene rings is 2. The minimum Gasteiger partial charge on any atom is -0.381 e. The number of nitriles is 1. The molecule has 2 aromatic carbocycles. The highest BCUT2D eigenvalue weighted by Gasteiger charge is 2.49. The number of alkyl halides is 3. The number of rotatable bonds is 2. The zero-order valence-electron chi connectivity index (χ0n) is 13.2. The first-order valence-electron chi connectivity index (χ1n) is 7.28. The summed E-state index contributed by atoms with van der Waals surface area (Å²) in [6.07, 6.45) is -4.66. The molecule has 0 fully saturated rings. The molecule has 2 aromatic rings. The minimum absolute atomic E-state index is 0.0623. The largest absolute Gasteiger partial charge is 0.416 e. The molecule has 1 aliphatic rings. The van der Waals surface area contributed by atoms with Crippen molar-refractivity contribution in [3.63, 3.8) is 0 Å². The molecule has 10 heteroatoms. The molecular weight excluding hydrogens is 424 g/mol. The van der Waals surface area contributed by atoms with Crippen LogP contribution in [0.3, 0.4) is 0 Å². The maximum Gasteiger partial charge on any atom is 0.416 e. The van der Waals surface area contributed by atoms with Gasteiger partial charge in [0.05, 0.1) is 5.56 Å². The van der Waals surface area contributed by atoms with E-state index in [1.54, 1.807) is 18.2 Å². The maximum atomic E-state index is 13.1. The Bertz CT molecular complexity index is 1020. The smallest absolute Gasteiger partial charge is 0.381 e. The molecule has 1 unspecified atom stereocenters. The molecule has 1 heterocycles. The van der Waals surface area contributed by atoms with Crippen LogP contribution in [0.15, 0.2) is 58.0 Å². The van der Waals surface area contributed by atoms with E-state index in [4.69, 9.17) is 40.5 Å². The molecular formula is C17H8Cl3F3N4. The lowest BCUT2D eigenvalue weighted by Crippen LogP contribution is -2.28. The van der Waals surface area contributed by atoms with Crippen LogP contribution in [0.25, 0.3) is 0 Å². The number of hydrogen-bond acceptors (Lipinski definition) is 4. The molecule has 138 valence electrons. The fourth-order valence-corrected chi connectivity index (χ4v) is 3.92. The number of nitrogens with zero attached hydrogens (tertiary/aromatic N) is 3. The first-order valence-corrected chi connectivity index (χ1v) is 8.41. The normalized spacial score (nSPS) is 19.4. The lowest BCUT2D eigenvalue weighted by atomic mass is 9.77. The second kappa shape index (κ2) is 6.71. The summed E-state index contributed by atoms with van der Waals surface area (Å²) in [6.45, 7) is 0. The van der Waals surface area contributed by atoms with Crippen molar-refractivity contribution in [2.45, 2.75) is 11.7 Å². The molecule has 0 aromatic heterocycles. The highest BCUT2D eigenvalue weighted by molar-refractivity contribution is 6.37. The van der Waals surface area contributed by atoms with Crippen molar-refractivity contribution in [3.05, 3.63) is 79.6 Å². The molecule has 0 radical (unpaired) electrons. The van der Waals surface area contributed by atoms with Gasteiger partial charge in [0.1, 0.15) is 11.6 Å². The van der Waals surface area contributed by atoms with Gasteiger partial charge in [-0.15, -0.1) is 5.11 Å². The maximum absolute atomic E-state index is 13.1. The molecule has 2 N–H and O–H groups in total. The van der Waals surface area contributed by atoms with Gasteiger partial charge in [0.25, 0.3) is 0 Å². The van der Waals surface area contributed by atoms with E-state index < -0.39 is 17.3 Å². The summed E-state index contributed by atoms with van der Waals surface area (Å²) in [4.78, 5) is 0. The number of halogens is 6. The van der Waals surface area contributed by atoms with Crippen molar-refractivity contribution in [1.82, 2.24) is 0 Å². The van der Waals surface area contributed by atoms with Gasteiger partial charge in [0.15, 0.2) is 11.4 Å². The number of hydrogen-bond donors (Lipinski definition) is 1. The van der Waals surface area contributed by atoms with Crippen molar-refractivity contribution in [2.75, 3.05) is 0 Å². The summed E-state index contributed by atoms with van der Waals surface area (Å²) in [5.74, 6) is -0.204. The van der Waals surface area contributed by atoms with Crippen LogP contribution in [0, 0.1) is 11.3 Å². The van der Waals surface area contributed by atoms with Crippen molar-refractivity contribution < 1.29 is 13.2 Å². The summed E-state index contributed by atoms with van der Waals surface area (Å²) in [7, 11) is 0. The van der Waals surface area contributed by atoms with Gasteiger partial charge < -0.3 is 5.73 Å². The summed E-state index contributed by atoms with van der Waals surface area (Å²) >= 11 is 18.6. The zero-order valence-corrected chi connectivity index (χ0v) is 15.4. The van der Waals surface area contributed by atoms with Crippen LogP contribution in [-0.2, 0) is 11.7 Å². The third-order valence-corrected chi connectivity index (χ3v) is 4.96. The standard InChI is InChI=1S/C17H8Cl3F3N4/c18-11-4-2-1-3-9(11)16(10(7-24)15(25)26-27-16)14-12(19)5-8(6-13(14)20)17(21,22)23/h1-6H,25H2. The van der Waals surface area contributed by atoms with Crippen LogP contribution in [0.4, 0.5) is 13.2 Å². The van der Waals surface area contributed by atoms with E-state index in [2.05, 4.69) is 10.2 Å². The third-order valence-electron chi connectivity index (χ3n) is 4.03. The van der Waals surface area contributed by atoms with Crippen LogP contribution in [0.1, 0.15) is 16.7 Å². The average Bonchev–Trinajstić information content (AvgIpc) is 2.90. The Morgan fingerprint density at radius 3 is 2.15 bits per heavy atom. The van der Waals surface area contributed by atoms with Crippen LogP contribution >= 0.6 is 34.8 Å². The van der Waals surface area contributed by atoms with E-state index in [-0.39, 0.29) is 37.6 Å². The Labute approximate surface area is 166 Å². The van der Waals surface area contributed by atoms with E-state index >= 15 is 0 Å². The molecule has 1 atom stereocenters. The first kappa shape index (κ1) is 19.5. The number of nitrogens with two attached hydrogens (primary N) is 1. The Morgan fingerprint density at radius 2 is 1.63 bits per heavy atom. The van der Waals surface area contributed by atoms with Crippen LogP contribution in [-0.4, -0.2) is 0 Å².